The number of methoxy groups -OCH3 is 2. The summed E-state index contributed by atoms with van der Waals surface area (Å²) in [6.45, 7) is 0.260. The molecule has 31 heavy (non-hydrogen) atoms. The number of rotatable bonds is 7. The Labute approximate surface area is 184 Å². The normalized spacial score (nSPS) is 14.8. The molecule has 0 saturated carbocycles. The van der Waals surface area contributed by atoms with Crippen LogP contribution in [-0.2, 0) is 20.9 Å². The second-order valence-electron chi connectivity index (χ2n) is 7.01. The number of para-hydroxylation sites is 1. The second kappa shape index (κ2) is 8.79. The van der Waals surface area contributed by atoms with Crippen LogP contribution in [0.4, 0.5) is 11.5 Å². The van der Waals surface area contributed by atoms with Crippen LogP contribution in [0.5, 0.6) is 5.75 Å². The van der Waals surface area contributed by atoms with Gasteiger partial charge in [0.05, 0.1) is 36.5 Å². The number of hydrogen-bond acceptors (Lipinski definition) is 5. The molecule has 2 aromatic carbocycles. The first-order valence-electron chi connectivity index (χ1n) is 9.61. The van der Waals surface area contributed by atoms with Gasteiger partial charge in [0, 0.05) is 12.7 Å². The Balaban J connectivity index is 1.63. The van der Waals surface area contributed by atoms with Crippen molar-refractivity contribution in [2.45, 2.75) is 19.1 Å². The van der Waals surface area contributed by atoms with Crippen LogP contribution in [-0.4, -0.2) is 35.8 Å². The lowest BCUT2D eigenvalue weighted by molar-refractivity contribution is -0.123. The molecule has 0 bridgehead atoms. The average molecular weight is 441 g/mol. The fourth-order valence-electron chi connectivity index (χ4n) is 3.56. The molecular formula is C22H21ClN4O4. The van der Waals surface area contributed by atoms with Gasteiger partial charge in [0.15, 0.2) is 0 Å². The van der Waals surface area contributed by atoms with Crippen LogP contribution in [0, 0.1) is 0 Å². The third-order valence-electron chi connectivity index (χ3n) is 5.01. The van der Waals surface area contributed by atoms with Gasteiger partial charge in [-0.15, -0.1) is 0 Å². The zero-order valence-electron chi connectivity index (χ0n) is 17.0. The van der Waals surface area contributed by atoms with Crippen molar-refractivity contribution < 1.29 is 19.1 Å². The number of halogens is 1. The lowest BCUT2D eigenvalue weighted by Crippen LogP contribution is -2.24. The Kier molecular flexibility index (Phi) is 5.92. The number of ether oxygens (including phenoxy) is 2. The summed E-state index contributed by atoms with van der Waals surface area (Å²) in [7, 11) is 3.18. The van der Waals surface area contributed by atoms with E-state index in [-0.39, 0.29) is 24.8 Å². The molecule has 0 saturated heterocycles. The summed E-state index contributed by atoms with van der Waals surface area (Å²) >= 11 is 6.11. The predicted octanol–water partition coefficient (Wildman–Crippen LogP) is 3.88. The van der Waals surface area contributed by atoms with Gasteiger partial charge in [0.2, 0.25) is 5.91 Å². The quantitative estimate of drug-likeness (QED) is 0.581. The first-order valence-corrected chi connectivity index (χ1v) is 9.99. The molecule has 0 fully saturated rings. The number of benzene rings is 2. The number of carbonyl (C=O) groups is 2. The van der Waals surface area contributed by atoms with Crippen LogP contribution in [0.3, 0.4) is 0 Å². The van der Waals surface area contributed by atoms with Gasteiger partial charge < -0.3 is 20.1 Å². The fourth-order valence-corrected chi connectivity index (χ4v) is 3.74. The number of aromatic nitrogens is 2. The second-order valence-corrected chi connectivity index (χ2v) is 7.42. The van der Waals surface area contributed by atoms with E-state index in [1.54, 1.807) is 43.2 Å². The lowest BCUT2D eigenvalue weighted by Gasteiger charge is -2.11. The van der Waals surface area contributed by atoms with Crippen molar-refractivity contribution in [2.75, 3.05) is 24.9 Å². The van der Waals surface area contributed by atoms with Crippen molar-refractivity contribution in [3.8, 4) is 16.9 Å². The Morgan fingerprint density at radius 3 is 2.61 bits per heavy atom. The zero-order valence-corrected chi connectivity index (χ0v) is 17.8. The summed E-state index contributed by atoms with van der Waals surface area (Å²) in [4.78, 5) is 25.3. The van der Waals surface area contributed by atoms with E-state index in [1.165, 1.54) is 0 Å². The van der Waals surface area contributed by atoms with E-state index < -0.39 is 6.04 Å². The first kappa shape index (κ1) is 20.9. The minimum atomic E-state index is -0.778. The molecular weight excluding hydrogens is 420 g/mol. The molecule has 3 aromatic rings. The zero-order chi connectivity index (χ0) is 22.0. The van der Waals surface area contributed by atoms with Crippen LogP contribution in [0.15, 0.2) is 48.5 Å². The Hall–Kier alpha value is -3.36. The van der Waals surface area contributed by atoms with Crippen LogP contribution in [0.2, 0.25) is 5.02 Å². The summed E-state index contributed by atoms with van der Waals surface area (Å²) in [6.07, 6.45) is -0.0831. The van der Waals surface area contributed by atoms with E-state index >= 15 is 0 Å². The van der Waals surface area contributed by atoms with Crippen molar-refractivity contribution in [1.82, 2.24) is 9.78 Å². The standard InChI is InChI=1S/C22H21ClN4O4/c1-30-12-17-20(13-7-9-14(31-2)10-8-13)21-25-22(29)18(27(21)26-17)11-19(28)24-16-6-4-3-5-15(16)23/h3-10,18H,11-12H2,1-2H3,(H,24,28)(H,25,29). The van der Waals surface area contributed by atoms with Gasteiger partial charge >= 0.3 is 0 Å². The van der Waals surface area contributed by atoms with Gasteiger partial charge in [-0.1, -0.05) is 35.9 Å². The highest BCUT2D eigenvalue weighted by atomic mass is 35.5. The molecule has 2 heterocycles. The van der Waals surface area contributed by atoms with E-state index in [0.29, 0.717) is 22.2 Å². The van der Waals surface area contributed by atoms with Crippen molar-refractivity contribution in [3.63, 3.8) is 0 Å². The largest absolute Gasteiger partial charge is 0.497 e. The summed E-state index contributed by atoms with van der Waals surface area (Å²) in [6, 6.07) is 13.6. The first-order chi connectivity index (χ1) is 15.0. The minimum absolute atomic E-state index is 0.0831. The van der Waals surface area contributed by atoms with Gasteiger partial charge in [-0.05, 0) is 29.8 Å². The minimum Gasteiger partial charge on any atom is -0.497 e. The highest BCUT2D eigenvalue weighted by Crippen LogP contribution is 2.39. The molecule has 1 aromatic heterocycles. The fraction of sp³-hybridized carbons (Fsp3) is 0.227. The van der Waals surface area contributed by atoms with Crippen molar-refractivity contribution in [2.24, 2.45) is 0 Å². The Morgan fingerprint density at radius 2 is 1.94 bits per heavy atom. The lowest BCUT2D eigenvalue weighted by atomic mass is 10.1. The number of hydrogen-bond donors (Lipinski definition) is 2. The van der Waals surface area contributed by atoms with Gasteiger partial charge in [0.25, 0.3) is 5.91 Å². The monoisotopic (exact) mass is 440 g/mol. The molecule has 1 unspecified atom stereocenters. The third kappa shape index (κ3) is 4.12. The molecule has 0 spiro atoms. The van der Waals surface area contributed by atoms with E-state index in [2.05, 4.69) is 15.7 Å². The smallest absolute Gasteiger partial charge is 0.251 e. The molecule has 1 aliphatic heterocycles. The molecule has 1 atom stereocenters. The van der Waals surface area contributed by atoms with Gasteiger partial charge in [-0.25, -0.2) is 4.68 Å². The summed E-state index contributed by atoms with van der Waals surface area (Å²) in [5, 5.41) is 10.6. The third-order valence-corrected chi connectivity index (χ3v) is 5.34. The molecule has 9 heteroatoms. The number of amides is 2. The highest BCUT2D eigenvalue weighted by Gasteiger charge is 2.37. The SMILES string of the molecule is COCc1nn2c(c1-c1ccc(OC)cc1)NC(=O)C2CC(=O)Nc1ccccc1Cl. The van der Waals surface area contributed by atoms with E-state index in [1.807, 2.05) is 24.3 Å². The summed E-state index contributed by atoms with van der Waals surface area (Å²) in [5.74, 6) is 0.628. The number of nitrogens with one attached hydrogen (secondary N) is 2. The molecule has 0 radical (unpaired) electrons. The number of fused-ring (bicyclic) bond motifs is 1. The maximum Gasteiger partial charge on any atom is 0.251 e. The van der Waals surface area contributed by atoms with Gasteiger partial charge in [-0.3, -0.25) is 9.59 Å². The molecule has 1 aliphatic rings. The average Bonchev–Trinajstić information content (AvgIpc) is 3.25. The summed E-state index contributed by atoms with van der Waals surface area (Å²) in [5.41, 5.74) is 2.77. The molecule has 0 aliphatic carbocycles. The van der Waals surface area contributed by atoms with E-state index in [0.717, 1.165) is 16.9 Å². The Bertz CT molecular complexity index is 1130. The topological polar surface area (TPSA) is 94.5 Å². The van der Waals surface area contributed by atoms with Crippen LogP contribution in [0.1, 0.15) is 18.2 Å². The van der Waals surface area contributed by atoms with Crippen molar-refractivity contribution in [1.29, 1.82) is 0 Å². The van der Waals surface area contributed by atoms with Gasteiger partial charge in [-0.2, -0.15) is 5.10 Å². The molecule has 160 valence electrons. The van der Waals surface area contributed by atoms with Crippen LogP contribution in [0.25, 0.3) is 11.1 Å². The number of carbonyl (C=O) groups excluding carboxylic acids is 2. The number of anilines is 2. The maximum atomic E-state index is 12.7. The molecule has 4 rings (SSSR count). The molecule has 2 amide bonds. The van der Waals surface area contributed by atoms with E-state index in [4.69, 9.17) is 21.1 Å². The molecule has 2 N–H and O–H groups in total. The highest BCUT2D eigenvalue weighted by molar-refractivity contribution is 6.33. The number of nitrogens with zero attached hydrogens (tertiary/aromatic N) is 2. The molecule has 8 nitrogen and oxygen atoms in total. The van der Waals surface area contributed by atoms with Crippen molar-refractivity contribution >= 4 is 34.9 Å². The van der Waals surface area contributed by atoms with E-state index in [9.17, 15) is 9.59 Å². The van der Waals surface area contributed by atoms with Crippen LogP contribution >= 0.6 is 11.6 Å². The summed E-state index contributed by atoms with van der Waals surface area (Å²) < 4.78 is 12.1. The Morgan fingerprint density at radius 1 is 1.19 bits per heavy atom. The van der Waals surface area contributed by atoms with Gasteiger partial charge in [0.1, 0.15) is 17.6 Å². The van der Waals surface area contributed by atoms with Crippen LogP contribution < -0.4 is 15.4 Å². The van der Waals surface area contributed by atoms with Crippen molar-refractivity contribution in [3.05, 3.63) is 59.2 Å². The maximum absolute atomic E-state index is 12.7. The predicted molar refractivity (Wildman–Crippen MR) is 117 cm³/mol.